The first-order chi connectivity index (χ1) is 11.7. The minimum Gasteiger partial charge on any atom is -0.380 e. The van der Waals surface area contributed by atoms with Gasteiger partial charge in [-0.3, -0.25) is 4.79 Å². The minimum absolute atomic E-state index is 0.242. The van der Waals surface area contributed by atoms with Gasteiger partial charge in [0.15, 0.2) is 0 Å². The third kappa shape index (κ3) is 3.48. The summed E-state index contributed by atoms with van der Waals surface area (Å²) in [5, 5.41) is 18.3. The fraction of sp³-hybridized carbons (Fsp3) is 0.250. The van der Waals surface area contributed by atoms with Crippen LogP contribution in [0.1, 0.15) is 23.0 Å². The predicted octanol–water partition coefficient (Wildman–Crippen LogP) is 1.67. The Bertz CT molecular complexity index is 845. The van der Waals surface area contributed by atoms with Gasteiger partial charge >= 0.3 is 0 Å². The third-order valence-corrected chi connectivity index (χ3v) is 3.51. The lowest BCUT2D eigenvalue weighted by Gasteiger charge is -2.10. The first-order valence-electron chi connectivity index (χ1n) is 7.65. The maximum Gasteiger partial charge on any atom is 0.251 e. The molecule has 2 N–H and O–H groups in total. The maximum atomic E-state index is 12.8. The average Bonchev–Trinajstić information content (AvgIpc) is 3.07. The number of carbonyl (C=O) groups is 1. The largest absolute Gasteiger partial charge is 0.380 e. The highest BCUT2D eigenvalue weighted by Gasteiger charge is 2.08. The Kier molecular flexibility index (Phi) is 4.64. The molecule has 0 fully saturated rings. The first-order valence-corrected chi connectivity index (χ1v) is 7.65. The van der Waals surface area contributed by atoms with E-state index in [9.17, 15) is 9.18 Å². The van der Waals surface area contributed by atoms with E-state index < -0.39 is 0 Å². The van der Waals surface area contributed by atoms with Crippen LogP contribution in [0.3, 0.4) is 0 Å². The summed E-state index contributed by atoms with van der Waals surface area (Å²) >= 11 is 0. The van der Waals surface area contributed by atoms with E-state index in [-0.39, 0.29) is 11.7 Å². The summed E-state index contributed by atoms with van der Waals surface area (Å²) in [6, 6.07) is 7.35. The fourth-order valence-electron chi connectivity index (χ4n) is 2.26. The molecular formula is C16H17FN6O. The molecule has 0 saturated carbocycles. The molecule has 0 bridgehead atoms. The van der Waals surface area contributed by atoms with Gasteiger partial charge in [0.1, 0.15) is 12.1 Å². The van der Waals surface area contributed by atoms with Gasteiger partial charge in [0.2, 0.25) is 5.65 Å². The topological polar surface area (TPSA) is 84.2 Å². The highest BCUT2D eigenvalue weighted by atomic mass is 19.1. The van der Waals surface area contributed by atoms with Crippen LogP contribution < -0.4 is 10.6 Å². The first kappa shape index (κ1) is 15.9. The van der Waals surface area contributed by atoms with Crippen LogP contribution in [0.25, 0.3) is 5.65 Å². The lowest BCUT2D eigenvalue weighted by molar-refractivity contribution is 0.0955. The Labute approximate surface area is 137 Å². The molecule has 3 aromatic rings. The van der Waals surface area contributed by atoms with Gasteiger partial charge < -0.3 is 10.6 Å². The normalized spacial score (nSPS) is 10.8. The Morgan fingerprint density at radius 2 is 2.04 bits per heavy atom. The molecule has 0 radical (unpaired) electrons. The lowest BCUT2D eigenvalue weighted by Crippen LogP contribution is -2.28. The summed E-state index contributed by atoms with van der Waals surface area (Å²) in [4.78, 5) is 11.9. The molecule has 2 aromatic heterocycles. The number of nitrogens with one attached hydrogen (secondary N) is 2. The van der Waals surface area contributed by atoms with Crippen LogP contribution in [0.5, 0.6) is 0 Å². The van der Waals surface area contributed by atoms with E-state index in [1.165, 1.54) is 24.3 Å². The number of aromatic nitrogens is 4. The molecule has 0 unspecified atom stereocenters. The number of hydrogen-bond donors (Lipinski definition) is 2. The van der Waals surface area contributed by atoms with E-state index in [2.05, 4.69) is 25.9 Å². The number of hydrogen-bond acceptors (Lipinski definition) is 5. The van der Waals surface area contributed by atoms with Gasteiger partial charge in [-0.25, -0.2) is 4.39 Å². The second-order valence-electron chi connectivity index (χ2n) is 5.19. The van der Waals surface area contributed by atoms with Crippen molar-refractivity contribution in [3.8, 4) is 0 Å². The molecule has 3 rings (SSSR count). The number of rotatable bonds is 6. The van der Waals surface area contributed by atoms with Crippen LogP contribution in [0.2, 0.25) is 0 Å². The van der Waals surface area contributed by atoms with E-state index in [4.69, 9.17) is 0 Å². The van der Waals surface area contributed by atoms with Gasteiger partial charge in [-0.05, 0) is 36.8 Å². The van der Waals surface area contributed by atoms with Crippen molar-refractivity contribution < 1.29 is 9.18 Å². The summed E-state index contributed by atoms with van der Waals surface area (Å²) in [6.07, 6.45) is 2.35. The van der Waals surface area contributed by atoms with Crippen molar-refractivity contribution in [3.63, 3.8) is 0 Å². The molecule has 0 saturated heterocycles. The quantitative estimate of drug-likeness (QED) is 0.673. The van der Waals surface area contributed by atoms with Gasteiger partial charge in [0.05, 0.1) is 11.4 Å². The maximum absolute atomic E-state index is 12.8. The molecule has 0 aliphatic heterocycles. The summed E-state index contributed by atoms with van der Waals surface area (Å²) in [7, 11) is 0. The van der Waals surface area contributed by atoms with Gasteiger partial charge in [-0.2, -0.15) is 9.61 Å². The van der Waals surface area contributed by atoms with Gasteiger partial charge in [-0.15, -0.1) is 10.2 Å². The molecule has 0 spiro atoms. The summed E-state index contributed by atoms with van der Waals surface area (Å²) in [5.41, 5.74) is 2.79. The van der Waals surface area contributed by atoms with Crippen LogP contribution in [0.15, 0.2) is 36.7 Å². The van der Waals surface area contributed by atoms with Crippen LogP contribution in [-0.4, -0.2) is 38.8 Å². The molecule has 124 valence electrons. The number of fused-ring (bicyclic) bond motifs is 1. The molecule has 0 aliphatic rings. The predicted molar refractivity (Wildman–Crippen MR) is 87.4 cm³/mol. The molecular weight excluding hydrogens is 311 g/mol. The molecule has 1 amide bonds. The summed E-state index contributed by atoms with van der Waals surface area (Å²) in [5.74, 6) is -0.608. The number of benzene rings is 1. The number of anilines is 1. The lowest BCUT2D eigenvalue weighted by atomic mass is 10.2. The Morgan fingerprint density at radius 3 is 2.79 bits per heavy atom. The smallest absolute Gasteiger partial charge is 0.251 e. The summed E-state index contributed by atoms with van der Waals surface area (Å²) < 4.78 is 14.5. The van der Waals surface area contributed by atoms with Crippen molar-refractivity contribution in [3.05, 3.63) is 53.7 Å². The van der Waals surface area contributed by atoms with Crippen LogP contribution in [0, 0.1) is 5.82 Å². The number of halogens is 1. The monoisotopic (exact) mass is 328 g/mol. The molecule has 24 heavy (non-hydrogen) atoms. The third-order valence-electron chi connectivity index (χ3n) is 3.51. The van der Waals surface area contributed by atoms with Crippen LogP contribution in [0.4, 0.5) is 10.1 Å². The van der Waals surface area contributed by atoms with E-state index in [0.29, 0.717) is 24.3 Å². The Hall–Kier alpha value is -3.03. The zero-order valence-electron chi connectivity index (χ0n) is 13.2. The molecule has 2 heterocycles. The van der Waals surface area contributed by atoms with Crippen molar-refractivity contribution in [2.45, 2.75) is 13.3 Å². The number of nitrogens with zero attached hydrogens (tertiary/aromatic N) is 4. The van der Waals surface area contributed by atoms with Crippen molar-refractivity contribution in [1.29, 1.82) is 0 Å². The number of aryl methyl sites for hydroxylation is 1. The highest BCUT2D eigenvalue weighted by Crippen LogP contribution is 2.14. The minimum atomic E-state index is -0.366. The van der Waals surface area contributed by atoms with Crippen LogP contribution >= 0.6 is 0 Å². The van der Waals surface area contributed by atoms with Crippen molar-refractivity contribution >= 4 is 17.2 Å². The Morgan fingerprint density at radius 1 is 1.25 bits per heavy atom. The van der Waals surface area contributed by atoms with E-state index in [1.54, 1.807) is 10.8 Å². The molecule has 0 aliphatic carbocycles. The summed E-state index contributed by atoms with van der Waals surface area (Å²) in [6.45, 7) is 2.95. The zero-order chi connectivity index (χ0) is 16.9. The Balaban J connectivity index is 1.58. The standard InChI is InChI=1S/C16H17FN6O/c1-2-13-9-14(15-21-20-10-23(15)22-13)18-7-8-19-16(24)11-3-5-12(17)6-4-11/h3-6,9-10,18H,2,7-8H2,1H3,(H,19,24). The van der Waals surface area contributed by atoms with Crippen molar-refractivity contribution in [2.75, 3.05) is 18.4 Å². The highest BCUT2D eigenvalue weighted by molar-refractivity contribution is 5.94. The molecule has 8 heteroatoms. The van der Waals surface area contributed by atoms with Gasteiger partial charge in [0, 0.05) is 18.7 Å². The number of carbonyl (C=O) groups excluding carboxylic acids is 1. The van der Waals surface area contributed by atoms with Crippen LogP contribution in [-0.2, 0) is 6.42 Å². The fourth-order valence-corrected chi connectivity index (χ4v) is 2.26. The molecule has 7 nitrogen and oxygen atoms in total. The molecule has 1 aromatic carbocycles. The van der Waals surface area contributed by atoms with E-state index in [0.717, 1.165) is 17.8 Å². The van der Waals surface area contributed by atoms with Crippen molar-refractivity contribution in [1.82, 2.24) is 25.1 Å². The number of amides is 1. The van der Waals surface area contributed by atoms with E-state index in [1.807, 2.05) is 13.0 Å². The second-order valence-corrected chi connectivity index (χ2v) is 5.19. The van der Waals surface area contributed by atoms with E-state index >= 15 is 0 Å². The SMILES string of the molecule is CCc1cc(NCCNC(=O)c2ccc(F)cc2)c2nncn2n1. The second kappa shape index (κ2) is 7.03. The van der Waals surface area contributed by atoms with Crippen molar-refractivity contribution in [2.24, 2.45) is 0 Å². The average molecular weight is 328 g/mol. The van der Waals surface area contributed by atoms with Gasteiger partial charge in [0.25, 0.3) is 5.91 Å². The van der Waals surface area contributed by atoms with Gasteiger partial charge in [-0.1, -0.05) is 6.92 Å². The molecule has 0 atom stereocenters. The zero-order valence-corrected chi connectivity index (χ0v) is 13.2.